The zero-order valence-corrected chi connectivity index (χ0v) is 13.8. The Balaban J connectivity index is 1.85. The van der Waals surface area contributed by atoms with Gasteiger partial charge in [-0.1, -0.05) is 60.7 Å². The van der Waals surface area contributed by atoms with E-state index in [9.17, 15) is 4.79 Å². The highest BCUT2D eigenvalue weighted by Crippen LogP contribution is 2.28. The van der Waals surface area contributed by atoms with Crippen molar-refractivity contribution >= 4 is 16.9 Å². The van der Waals surface area contributed by atoms with E-state index in [0.717, 1.165) is 27.7 Å². The molecule has 122 valence electrons. The maximum absolute atomic E-state index is 12.6. The van der Waals surface area contributed by atoms with Gasteiger partial charge >= 0.3 is 5.97 Å². The van der Waals surface area contributed by atoms with Crippen LogP contribution in [-0.2, 0) is 0 Å². The van der Waals surface area contributed by atoms with Gasteiger partial charge in [0.1, 0.15) is 0 Å². The van der Waals surface area contributed by atoms with Crippen molar-refractivity contribution in [3.05, 3.63) is 96.1 Å². The molecule has 3 heteroatoms. The smallest absolute Gasteiger partial charge is 0.330 e. The Hall–Kier alpha value is -3.33. The molecule has 0 atom stereocenters. The van der Waals surface area contributed by atoms with Crippen molar-refractivity contribution in [2.45, 2.75) is 6.92 Å². The number of fused-ring (bicyclic) bond motifs is 1. The van der Waals surface area contributed by atoms with Gasteiger partial charge in [0.25, 0.3) is 0 Å². The molecular weight excluding hydrogens is 310 g/mol. The van der Waals surface area contributed by atoms with Crippen LogP contribution in [0.2, 0.25) is 0 Å². The van der Waals surface area contributed by atoms with Gasteiger partial charge in [-0.15, -0.1) is 0 Å². The van der Waals surface area contributed by atoms with Crippen molar-refractivity contribution in [3.63, 3.8) is 0 Å². The lowest BCUT2D eigenvalue weighted by Crippen LogP contribution is -2.20. The van der Waals surface area contributed by atoms with Gasteiger partial charge in [0.05, 0.1) is 16.8 Å². The molecule has 0 aliphatic heterocycles. The van der Waals surface area contributed by atoms with Crippen molar-refractivity contribution in [2.24, 2.45) is 0 Å². The molecule has 3 aromatic carbocycles. The molecule has 0 bridgehead atoms. The number of hydrogen-bond acceptors (Lipinski definition) is 2. The molecule has 4 rings (SSSR count). The summed E-state index contributed by atoms with van der Waals surface area (Å²) in [5.41, 5.74) is 4.36. The van der Waals surface area contributed by atoms with Gasteiger partial charge < -0.3 is 4.84 Å². The summed E-state index contributed by atoms with van der Waals surface area (Å²) in [7, 11) is 0. The number of benzene rings is 3. The van der Waals surface area contributed by atoms with Gasteiger partial charge in [-0.3, -0.25) is 0 Å². The SMILES string of the molecule is Cc1ccc2cc(-c3ccccc3)n(OC(=O)c3ccccc3)c2c1. The zero-order chi connectivity index (χ0) is 17.2. The van der Waals surface area contributed by atoms with E-state index in [4.69, 9.17) is 4.84 Å². The van der Waals surface area contributed by atoms with Gasteiger partial charge in [-0.05, 0) is 36.8 Å². The fourth-order valence-electron chi connectivity index (χ4n) is 2.91. The standard InChI is InChI=1S/C22H17NO2/c1-16-12-13-19-15-21(17-8-4-2-5-9-17)23(20(19)14-16)25-22(24)18-10-6-3-7-11-18/h2-15H,1H3. The Morgan fingerprint density at radius 1 is 0.840 bits per heavy atom. The molecule has 0 N–H and O–H groups in total. The lowest BCUT2D eigenvalue weighted by Gasteiger charge is -2.11. The Morgan fingerprint density at radius 3 is 2.24 bits per heavy atom. The Kier molecular flexibility index (Phi) is 3.82. The van der Waals surface area contributed by atoms with E-state index in [2.05, 4.69) is 6.07 Å². The van der Waals surface area contributed by atoms with Crippen LogP contribution in [0.3, 0.4) is 0 Å². The maximum atomic E-state index is 12.6. The first-order valence-corrected chi connectivity index (χ1v) is 8.17. The van der Waals surface area contributed by atoms with Crippen LogP contribution in [0, 0.1) is 6.92 Å². The van der Waals surface area contributed by atoms with Gasteiger partial charge in [-0.2, -0.15) is 4.73 Å². The predicted octanol–water partition coefficient (Wildman–Crippen LogP) is 4.89. The topological polar surface area (TPSA) is 31.2 Å². The molecule has 0 aliphatic rings. The minimum atomic E-state index is -0.378. The fraction of sp³-hybridized carbons (Fsp3) is 0.0455. The van der Waals surface area contributed by atoms with E-state index >= 15 is 0 Å². The van der Waals surface area contributed by atoms with Crippen LogP contribution in [0.15, 0.2) is 84.9 Å². The van der Waals surface area contributed by atoms with E-state index in [1.807, 2.05) is 73.7 Å². The summed E-state index contributed by atoms with van der Waals surface area (Å²) in [6.45, 7) is 2.03. The Labute approximate surface area is 146 Å². The molecular formula is C22H17NO2. The number of aryl methyl sites for hydroxylation is 1. The first-order chi connectivity index (χ1) is 12.2. The first-order valence-electron chi connectivity index (χ1n) is 8.17. The van der Waals surface area contributed by atoms with Crippen molar-refractivity contribution in [2.75, 3.05) is 0 Å². The highest BCUT2D eigenvalue weighted by atomic mass is 16.7. The normalized spacial score (nSPS) is 10.8. The summed E-state index contributed by atoms with van der Waals surface area (Å²) in [4.78, 5) is 18.4. The summed E-state index contributed by atoms with van der Waals surface area (Å²) in [5.74, 6) is -0.378. The van der Waals surface area contributed by atoms with E-state index in [0.29, 0.717) is 5.56 Å². The average Bonchev–Trinajstić information content (AvgIpc) is 3.01. The fourth-order valence-corrected chi connectivity index (χ4v) is 2.91. The lowest BCUT2D eigenvalue weighted by molar-refractivity contribution is 0.0490. The second-order valence-corrected chi connectivity index (χ2v) is 6.00. The molecule has 0 aliphatic carbocycles. The van der Waals surface area contributed by atoms with Crippen LogP contribution >= 0.6 is 0 Å². The molecule has 0 amide bonds. The number of nitrogens with zero attached hydrogens (tertiary/aromatic N) is 1. The first kappa shape index (κ1) is 15.2. The molecule has 0 fully saturated rings. The summed E-state index contributed by atoms with van der Waals surface area (Å²) < 4.78 is 1.63. The van der Waals surface area contributed by atoms with E-state index in [1.54, 1.807) is 16.9 Å². The molecule has 0 radical (unpaired) electrons. The monoisotopic (exact) mass is 327 g/mol. The van der Waals surface area contributed by atoms with Crippen LogP contribution in [0.25, 0.3) is 22.2 Å². The molecule has 1 aromatic heterocycles. The van der Waals surface area contributed by atoms with E-state index in [-0.39, 0.29) is 5.97 Å². The average molecular weight is 327 g/mol. The molecule has 0 saturated carbocycles. The van der Waals surface area contributed by atoms with Crippen LogP contribution in [0.5, 0.6) is 0 Å². The lowest BCUT2D eigenvalue weighted by atomic mass is 10.1. The second-order valence-electron chi connectivity index (χ2n) is 6.00. The van der Waals surface area contributed by atoms with Gasteiger partial charge in [0.15, 0.2) is 0 Å². The van der Waals surface area contributed by atoms with E-state index < -0.39 is 0 Å². The molecule has 0 spiro atoms. The van der Waals surface area contributed by atoms with Crippen LogP contribution in [0.4, 0.5) is 0 Å². The minimum Gasteiger partial charge on any atom is -0.330 e. The highest BCUT2D eigenvalue weighted by Gasteiger charge is 2.16. The third-order valence-electron chi connectivity index (χ3n) is 4.17. The maximum Gasteiger partial charge on any atom is 0.363 e. The van der Waals surface area contributed by atoms with E-state index in [1.165, 1.54) is 0 Å². The van der Waals surface area contributed by atoms with Crippen molar-refractivity contribution < 1.29 is 9.63 Å². The van der Waals surface area contributed by atoms with Gasteiger partial charge in [0, 0.05) is 10.9 Å². The molecule has 0 saturated heterocycles. The van der Waals surface area contributed by atoms with Crippen molar-refractivity contribution in [1.82, 2.24) is 4.73 Å². The largest absolute Gasteiger partial charge is 0.363 e. The van der Waals surface area contributed by atoms with Gasteiger partial charge in [-0.25, -0.2) is 4.79 Å². The molecule has 1 heterocycles. The Morgan fingerprint density at radius 2 is 1.52 bits per heavy atom. The molecule has 25 heavy (non-hydrogen) atoms. The number of rotatable bonds is 3. The number of aromatic nitrogens is 1. The van der Waals surface area contributed by atoms with Crippen LogP contribution in [0.1, 0.15) is 15.9 Å². The summed E-state index contributed by atoms with van der Waals surface area (Å²) in [6.07, 6.45) is 0. The molecule has 3 nitrogen and oxygen atoms in total. The predicted molar refractivity (Wildman–Crippen MR) is 99.5 cm³/mol. The number of carbonyl (C=O) groups excluding carboxylic acids is 1. The molecule has 0 unspecified atom stereocenters. The zero-order valence-electron chi connectivity index (χ0n) is 13.8. The van der Waals surface area contributed by atoms with Crippen molar-refractivity contribution in [3.8, 4) is 11.3 Å². The number of carbonyl (C=O) groups is 1. The van der Waals surface area contributed by atoms with Crippen molar-refractivity contribution in [1.29, 1.82) is 0 Å². The number of hydrogen-bond donors (Lipinski definition) is 0. The summed E-state index contributed by atoms with van der Waals surface area (Å²) in [5, 5.41) is 1.03. The highest BCUT2D eigenvalue weighted by molar-refractivity contribution is 5.92. The summed E-state index contributed by atoms with van der Waals surface area (Å²) >= 11 is 0. The second kappa shape index (κ2) is 6.29. The van der Waals surface area contributed by atoms with Crippen LogP contribution < -0.4 is 4.84 Å². The third-order valence-corrected chi connectivity index (χ3v) is 4.17. The minimum absolute atomic E-state index is 0.378. The Bertz CT molecular complexity index is 1030. The molecule has 4 aromatic rings. The third kappa shape index (κ3) is 2.92. The van der Waals surface area contributed by atoms with Gasteiger partial charge in [0.2, 0.25) is 0 Å². The quantitative estimate of drug-likeness (QED) is 0.537. The van der Waals surface area contributed by atoms with Crippen LogP contribution in [-0.4, -0.2) is 10.7 Å². The summed E-state index contributed by atoms with van der Waals surface area (Å²) in [6, 6.07) is 27.1.